The van der Waals surface area contributed by atoms with Gasteiger partial charge in [0.25, 0.3) is 5.91 Å². The Morgan fingerprint density at radius 2 is 1.61 bits per heavy atom. The molecule has 0 saturated heterocycles. The summed E-state index contributed by atoms with van der Waals surface area (Å²) in [4.78, 5) is 28.7. The molecule has 3 aromatic carbocycles. The van der Waals surface area contributed by atoms with E-state index < -0.39 is 6.04 Å². The van der Waals surface area contributed by atoms with E-state index in [-0.39, 0.29) is 36.8 Å². The highest BCUT2D eigenvalue weighted by molar-refractivity contribution is 6.30. The molecule has 1 aliphatic carbocycles. The van der Waals surface area contributed by atoms with Gasteiger partial charge in [-0.3, -0.25) is 9.59 Å². The van der Waals surface area contributed by atoms with Gasteiger partial charge in [0.1, 0.15) is 17.6 Å². The number of benzene rings is 3. The third-order valence-corrected chi connectivity index (χ3v) is 6.67. The fourth-order valence-corrected chi connectivity index (χ4v) is 4.59. The Labute approximate surface area is 216 Å². The van der Waals surface area contributed by atoms with E-state index in [0.29, 0.717) is 17.2 Å². The number of carbonyl (C=O) groups is 2. The van der Waals surface area contributed by atoms with E-state index in [4.69, 9.17) is 16.3 Å². The topological polar surface area (TPSA) is 58.6 Å². The summed E-state index contributed by atoms with van der Waals surface area (Å²) in [6.07, 6.45) is 4.45. The summed E-state index contributed by atoms with van der Waals surface area (Å²) < 4.78 is 18.9. The Morgan fingerprint density at radius 1 is 0.944 bits per heavy atom. The van der Waals surface area contributed by atoms with Crippen LogP contribution < -0.4 is 10.1 Å². The number of rotatable bonds is 10. The van der Waals surface area contributed by atoms with Crippen molar-refractivity contribution >= 4 is 23.4 Å². The Morgan fingerprint density at radius 3 is 2.28 bits per heavy atom. The van der Waals surface area contributed by atoms with E-state index in [1.807, 2.05) is 42.5 Å². The number of amides is 2. The lowest BCUT2D eigenvalue weighted by atomic mass is 10.0. The van der Waals surface area contributed by atoms with Crippen LogP contribution in [0.15, 0.2) is 78.9 Å². The molecule has 36 heavy (non-hydrogen) atoms. The number of hydrogen-bond donors (Lipinski definition) is 1. The van der Waals surface area contributed by atoms with E-state index in [1.165, 1.54) is 24.3 Å². The van der Waals surface area contributed by atoms with Crippen LogP contribution in [-0.4, -0.2) is 35.4 Å². The van der Waals surface area contributed by atoms with E-state index in [2.05, 4.69) is 5.32 Å². The average molecular weight is 509 g/mol. The van der Waals surface area contributed by atoms with Gasteiger partial charge in [-0.2, -0.15) is 0 Å². The zero-order valence-corrected chi connectivity index (χ0v) is 20.8. The highest BCUT2D eigenvalue weighted by atomic mass is 35.5. The van der Waals surface area contributed by atoms with Gasteiger partial charge >= 0.3 is 0 Å². The number of hydrogen-bond acceptors (Lipinski definition) is 3. The molecule has 0 unspecified atom stereocenters. The second-order valence-electron chi connectivity index (χ2n) is 9.09. The van der Waals surface area contributed by atoms with Crippen LogP contribution in [-0.2, 0) is 22.6 Å². The maximum atomic E-state index is 13.6. The molecule has 3 aromatic rings. The van der Waals surface area contributed by atoms with Gasteiger partial charge in [0.15, 0.2) is 6.61 Å². The second-order valence-corrected chi connectivity index (χ2v) is 9.52. The first-order valence-corrected chi connectivity index (χ1v) is 12.6. The summed E-state index contributed by atoms with van der Waals surface area (Å²) in [5.41, 5.74) is 1.80. The molecule has 188 valence electrons. The molecule has 1 saturated carbocycles. The van der Waals surface area contributed by atoms with Crippen LogP contribution in [0.4, 0.5) is 4.39 Å². The molecule has 1 N–H and O–H groups in total. The molecule has 0 radical (unpaired) electrons. The summed E-state index contributed by atoms with van der Waals surface area (Å²) >= 11 is 6.06. The van der Waals surface area contributed by atoms with E-state index in [9.17, 15) is 14.0 Å². The van der Waals surface area contributed by atoms with E-state index in [1.54, 1.807) is 17.0 Å². The average Bonchev–Trinajstić information content (AvgIpc) is 3.40. The summed E-state index contributed by atoms with van der Waals surface area (Å²) in [7, 11) is 0. The van der Waals surface area contributed by atoms with Gasteiger partial charge in [-0.05, 0) is 60.4 Å². The van der Waals surface area contributed by atoms with Gasteiger partial charge < -0.3 is 15.0 Å². The van der Waals surface area contributed by atoms with Crippen molar-refractivity contribution in [2.24, 2.45) is 0 Å². The molecule has 5 nitrogen and oxygen atoms in total. The van der Waals surface area contributed by atoms with Crippen molar-refractivity contribution in [2.75, 3.05) is 6.61 Å². The molecule has 1 atom stereocenters. The van der Waals surface area contributed by atoms with Gasteiger partial charge in [-0.25, -0.2) is 4.39 Å². The van der Waals surface area contributed by atoms with Crippen LogP contribution in [0.25, 0.3) is 0 Å². The highest BCUT2D eigenvalue weighted by Gasteiger charge is 2.32. The summed E-state index contributed by atoms with van der Waals surface area (Å²) in [5, 5.41) is 3.77. The second kappa shape index (κ2) is 12.5. The molecule has 2 amide bonds. The van der Waals surface area contributed by atoms with Gasteiger partial charge in [-0.1, -0.05) is 66.9 Å². The standard InChI is InChI=1S/C29H30ClFN2O3/c30-23-12-10-22(11-13-23)19-33(28(34)20-36-26-16-14-24(31)15-17-26)27(18-21-6-2-1-3-7-21)29(35)32-25-8-4-5-9-25/h1-3,6-7,10-17,25,27H,4-5,8-9,18-20H2,(H,32,35)/t27-/m0/s1. The first-order chi connectivity index (χ1) is 17.5. The lowest BCUT2D eigenvalue weighted by Crippen LogP contribution is -2.53. The summed E-state index contributed by atoms with van der Waals surface area (Å²) in [5.74, 6) is -0.512. The predicted molar refractivity (Wildman–Crippen MR) is 138 cm³/mol. The molecule has 0 heterocycles. The van der Waals surface area contributed by atoms with Crippen molar-refractivity contribution < 1.29 is 18.7 Å². The zero-order valence-electron chi connectivity index (χ0n) is 20.0. The molecule has 0 bridgehead atoms. The lowest BCUT2D eigenvalue weighted by Gasteiger charge is -2.32. The van der Waals surface area contributed by atoms with Crippen molar-refractivity contribution in [3.05, 3.63) is 101 Å². The smallest absolute Gasteiger partial charge is 0.261 e. The Hall–Kier alpha value is -3.38. The van der Waals surface area contributed by atoms with Gasteiger partial charge in [-0.15, -0.1) is 0 Å². The number of nitrogens with zero attached hydrogens (tertiary/aromatic N) is 1. The first kappa shape index (κ1) is 25.7. The van der Waals surface area contributed by atoms with Crippen LogP contribution in [0.1, 0.15) is 36.8 Å². The minimum Gasteiger partial charge on any atom is -0.484 e. The van der Waals surface area contributed by atoms with Crippen molar-refractivity contribution in [3.8, 4) is 5.75 Å². The highest BCUT2D eigenvalue weighted by Crippen LogP contribution is 2.21. The Kier molecular flexibility index (Phi) is 8.95. The molecule has 0 spiro atoms. The minimum atomic E-state index is -0.729. The third kappa shape index (κ3) is 7.31. The molecule has 1 aliphatic rings. The number of nitrogens with one attached hydrogen (secondary N) is 1. The van der Waals surface area contributed by atoms with Crippen LogP contribution in [0.2, 0.25) is 5.02 Å². The number of ether oxygens (including phenoxy) is 1. The van der Waals surface area contributed by atoms with Crippen molar-refractivity contribution in [1.82, 2.24) is 10.2 Å². The summed E-state index contributed by atoms with van der Waals surface area (Å²) in [6.45, 7) is -0.0560. The van der Waals surface area contributed by atoms with Crippen LogP contribution in [0, 0.1) is 5.82 Å². The fraction of sp³-hybridized carbons (Fsp3) is 0.310. The maximum absolute atomic E-state index is 13.6. The van der Waals surface area contributed by atoms with Crippen LogP contribution >= 0.6 is 11.6 Å². The molecule has 1 fully saturated rings. The van der Waals surface area contributed by atoms with Crippen molar-refractivity contribution in [3.63, 3.8) is 0 Å². The van der Waals surface area contributed by atoms with Crippen molar-refractivity contribution in [2.45, 2.75) is 50.7 Å². The molecular formula is C29H30ClFN2O3. The quantitative estimate of drug-likeness (QED) is 0.390. The molecule has 0 aromatic heterocycles. The maximum Gasteiger partial charge on any atom is 0.261 e. The molecule has 0 aliphatic heterocycles. The zero-order chi connectivity index (χ0) is 25.3. The van der Waals surface area contributed by atoms with Crippen LogP contribution in [0.3, 0.4) is 0 Å². The third-order valence-electron chi connectivity index (χ3n) is 6.41. The predicted octanol–water partition coefficient (Wildman–Crippen LogP) is 5.56. The number of halogens is 2. The molecular weight excluding hydrogens is 479 g/mol. The van der Waals surface area contributed by atoms with E-state index in [0.717, 1.165) is 36.8 Å². The first-order valence-electron chi connectivity index (χ1n) is 12.2. The fourth-order valence-electron chi connectivity index (χ4n) is 4.47. The molecule has 4 rings (SSSR count). The monoisotopic (exact) mass is 508 g/mol. The Bertz CT molecular complexity index is 1130. The van der Waals surface area contributed by atoms with Gasteiger partial charge in [0.05, 0.1) is 0 Å². The minimum absolute atomic E-state index is 0.124. The van der Waals surface area contributed by atoms with Gasteiger partial charge in [0, 0.05) is 24.0 Å². The SMILES string of the molecule is O=C(NC1CCCC1)[C@H](Cc1ccccc1)N(Cc1ccc(Cl)cc1)C(=O)COc1ccc(F)cc1. The normalized spacial score (nSPS) is 14.3. The number of carbonyl (C=O) groups excluding carboxylic acids is 2. The van der Waals surface area contributed by atoms with Crippen LogP contribution in [0.5, 0.6) is 5.75 Å². The Balaban J connectivity index is 1.59. The van der Waals surface area contributed by atoms with E-state index >= 15 is 0 Å². The van der Waals surface area contributed by atoms with Crippen molar-refractivity contribution in [1.29, 1.82) is 0 Å². The van der Waals surface area contributed by atoms with Gasteiger partial charge in [0.2, 0.25) is 5.91 Å². The largest absolute Gasteiger partial charge is 0.484 e. The lowest BCUT2D eigenvalue weighted by molar-refractivity contribution is -0.143. The molecule has 7 heteroatoms. The summed E-state index contributed by atoms with van der Waals surface area (Å²) in [6, 6.07) is 21.8.